The van der Waals surface area contributed by atoms with Crippen LogP contribution in [0, 0.1) is 0 Å². The number of allylic oxidation sites excluding steroid dienone is 2. The Morgan fingerprint density at radius 3 is 2.32 bits per heavy atom. The predicted octanol–water partition coefficient (Wildman–Crippen LogP) is -0.748. The normalized spacial score (nSPS) is 12.1. The summed E-state index contributed by atoms with van der Waals surface area (Å²) in [4.78, 5) is 44.9. The second-order valence-electron chi connectivity index (χ2n) is 7.40. The van der Waals surface area contributed by atoms with Gasteiger partial charge in [-0.25, -0.2) is 4.79 Å². The molecule has 2 heterocycles. The quantitative estimate of drug-likeness (QED) is 0.649. The molecule has 2 N–H and O–H groups in total. The molecular formula is C18H29N7O3. The van der Waals surface area contributed by atoms with E-state index in [-0.39, 0.29) is 12.5 Å². The van der Waals surface area contributed by atoms with Crippen molar-refractivity contribution in [3.63, 3.8) is 0 Å². The van der Waals surface area contributed by atoms with Crippen LogP contribution >= 0.6 is 0 Å². The summed E-state index contributed by atoms with van der Waals surface area (Å²) in [5.41, 5.74) is 6.87. The predicted molar refractivity (Wildman–Crippen MR) is 110 cm³/mol. The molecule has 2 aromatic rings. The highest BCUT2D eigenvalue weighted by Crippen LogP contribution is 2.19. The molecular weight excluding hydrogens is 362 g/mol. The standard InChI is InChI=1S/C18H29N7O3/c1-11(2)8-9-25-13-14(23(6)18(28)24(7)16(13)27)20-17(25)22(5)10-12(19)15(26)21(3)4/h8,12H,9-10,19H2,1-7H3. The number of fused-ring (bicyclic) bond motifs is 1. The average Bonchev–Trinajstić information content (AvgIpc) is 3.01. The van der Waals surface area contributed by atoms with Crippen LogP contribution in [0.1, 0.15) is 13.8 Å². The molecule has 0 saturated heterocycles. The van der Waals surface area contributed by atoms with Gasteiger partial charge in [-0.15, -0.1) is 0 Å². The summed E-state index contributed by atoms with van der Waals surface area (Å²) in [6.07, 6.45) is 1.97. The van der Waals surface area contributed by atoms with E-state index in [2.05, 4.69) is 4.98 Å². The van der Waals surface area contributed by atoms with E-state index < -0.39 is 17.3 Å². The summed E-state index contributed by atoms with van der Waals surface area (Å²) in [5, 5.41) is 0. The number of hydrogen-bond acceptors (Lipinski definition) is 6. The van der Waals surface area contributed by atoms with Crippen LogP contribution in [0.25, 0.3) is 11.2 Å². The van der Waals surface area contributed by atoms with Crippen LogP contribution in [0.2, 0.25) is 0 Å². The summed E-state index contributed by atoms with van der Waals surface area (Å²) >= 11 is 0. The van der Waals surface area contributed by atoms with Gasteiger partial charge in [0.25, 0.3) is 5.56 Å². The molecule has 10 nitrogen and oxygen atoms in total. The molecule has 28 heavy (non-hydrogen) atoms. The molecule has 154 valence electrons. The van der Waals surface area contributed by atoms with Crippen molar-refractivity contribution in [3.05, 3.63) is 32.5 Å². The highest BCUT2D eigenvalue weighted by Gasteiger charge is 2.24. The van der Waals surface area contributed by atoms with Crippen LogP contribution in [-0.4, -0.2) is 63.2 Å². The zero-order valence-electron chi connectivity index (χ0n) is 17.6. The van der Waals surface area contributed by atoms with Crippen LogP contribution in [0.4, 0.5) is 5.95 Å². The second kappa shape index (κ2) is 8.01. The van der Waals surface area contributed by atoms with Gasteiger partial charge in [-0.05, 0) is 13.8 Å². The Morgan fingerprint density at radius 1 is 1.18 bits per heavy atom. The smallest absolute Gasteiger partial charge is 0.332 e. The fraction of sp³-hybridized carbons (Fsp3) is 0.556. The molecule has 10 heteroatoms. The lowest BCUT2D eigenvalue weighted by Crippen LogP contribution is -2.47. The SMILES string of the molecule is CC(C)=CCn1c(N(C)CC(N)C(=O)N(C)C)nc2c1c(=O)n(C)c(=O)n2C. The van der Waals surface area contributed by atoms with Crippen LogP contribution in [0.3, 0.4) is 0 Å². The summed E-state index contributed by atoms with van der Waals surface area (Å²) in [5.74, 6) is 0.259. The van der Waals surface area contributed by atoms with Gasteiger partial charge >= 0.3 is 5.69 Å². The maximum Gasteiger partial charge on any atom is 0.332 e. The van der Waals surface area contributed by atoms with Gasteiger partial charge in [0.15, 0.2) is 11.2 Å². The first-order valence-corrected chi connectivity index (χ1v) is 8.94. The van der Waals surface area contributed by atoms with Gasteiger partial charge in [-0.3, -0.25) is 18.7 Å². The summed E-state index contributed by atoms with van der Waals surface area (Å²) < 4.78 is 4.16. The molecule has 0 spiro atoms. The first-order valence-electron chi connectivity index (χ1n) is 8.94. The van der Waals surface area contributed by atoms with Gasteiger partial charge in [0.05, 0.1) is 0 Å². The van der Waals surface area contributed by atoms with E-state index in [1.807, 2.05) is 19.9 Å². The Morgan fingerprint density at radius 2 is 1.79 bits per heavy atom. The number of nitrogens with two attached hydrogens (primary N) is 1. The molecule has 1 amide bonds. The molecule has 0 aliphatic rings. The van der Waals surface area contributed by atoms with Crippen LogP contribution in [-0.2, 0) is 25.4 Å². The number of imidazole rings is 1. The number of nitrogens with zero attached hydrogens (tertiary/aromatic N) is 6. The Labute approximate surface area is 163 Å². The maximum atomic E-state index is 12.8. The number of hydrogen-bond donors (Lipinski definition) is 1. The molecule has 0 aliphatic carbocycles. The van der Waals surface area contributed by atoms with Gasteiger partial charge in [0.1, 0.15) is 6.04 Å². The van der Waals surface area contributed by atoms with Crippen molar-refractivity contribution in [2.24, 2.45) is 19.8 Å². The van der Waals surface area contributed by atoms with Gasteiger partial charge in [-0.2, -0.15) is 4.98 Å². The van der Waals surface area contributed by atoms with Gasteiger partial charge in [-0.1, -0.05) is 11.6 Å². The van der Waals surface area contributed by atoms with Crippen molar-refractivity contribution in [2.45, 2.75) is 26.4 Å². The van der Waals surface area contributed by atoms with E-state index in [0.717, 1.165) is 10.1 Å². The Kier molecular flexibility index (Phi) is 6.13. The number of amides is 1. The Balaban J connectivity index is 2.66. The number of aryl methyl sites for hydroxylation is 1. The van der Waals surface area contributed by atoms with E-state index in [1.54, 1.807) is 37.7 Å². The largest absolute Gasteiger partial charge is 0.347 e. The fourth-order valence-corrected chi connectivity index (χ4v) is 2.96. The lowest BCUT2D eigenvalue weighted by atomic mass is 10.2. The zero-order chi connectivity index (χ0) is 21.3. The van der Waals surface area contributed by atoms with E-state index >= 15 is 0 Å². The number of rotatable bonds is 6. The summed E-state index contributed by atoms with van der Waals surface area (Å²) in [6, 6.07) is -0.747. The molecule has 1 unspecified atom stereocenters. The highest BCUT2D eigenvalue weighted by molar-refractivity contribution is 5.82. The lowest BCUT2D eigenvalue weighted by molar-refractivity contribution is -0.129. The van der Waals surface area contributed by atoms with Crippen molar-refractivity contribution < 1.29 is 4.79 Å². The minimum absolute atomic E-state index is 0.206. The van der Waals surface area contributed by atoms with Crippen molar-refractivity contribution in [2.75, 3.05) is 32.6 Å². The maximum absolute atomic E-state index is 12.8. The van der Waals surface area contributed by atoms with Crippen molar-refractivity contribution >= 4 is 23.0 Å². The molecule has 0 fully saturated rings. The minimum Gasteiger partial charge on any atom is -0.347 e. The Bertz CT molecular complexity index is 1040. The molecule has 0 saturated carbocycles. The number of carbonyl (C=O) groups is 1. The first-order chi connectivity index (χ1) is 13.0. The second-order valence-corrected chi connectivity index (χ2v) is 7.40. The van der Waals surface area contributed by atoms with Crippen molar-refractivity contribution in [1.82, 2.24) is 23.6 Å². The average molecular weight is 391 g/mol. The zero-order valence-corrected chi connectivity index (χ0v) is 17.6. The van der Waals surface area contributed by atoms with E-state index in [9.17, 15) is 14.4 Å². The monoisotopic (exact) mass is 391 g/mol. The first kappa shape index (κ1) is 21.4. The van der Waals surface area contributed by atoms with Gasteiger partial charge in [0, 0.05) is 48.3 Å². The van der Waals surface area contributed by atoms with Crippen LogP contribution in [0.15, 0.2) is 21.2 Å². The molecule has 0 radical (unpaired) electrons. The molecule has 1 atom stereocenters. The topological polar surface area (TPSA) is 111 Å². The molecule has 0 aliphatic heterocycles. The number of likely N-dealkylation sites (N-methyl/N-ethyl adjacent to an activating group) is 2. The third-order valence-electron chi connectivity index (χ3n) is 4.58. The number of carbonyl (C=O) groups excluding carboxylic acids is 1. The molecule has 0 aromatic carbocycles. The van der Waals surface area contributed by atoms with Gasteiger partial charge in [0.2, 0.25) is 11.9 Å². The summed E-state index contributed by atoms with van der Waals surface area (Å²) in [6.45, 7) is 4.54. The van der Waals surface area contributed by atoms with Crippen LogP contribution < -0.4 is 21.9 Å². The third kappa shape index (κ3) is 3.86. The number of anilines is 1. The van der Waals surface area contributed by atoms with E-state index in [0.29, 0.717) is 23.7 Å². The van der Waals surface area contributed by atoms with Crippen molar-refractivity contribution in [3.8, 4) is 0 Å². The van der Waals surface area contributed by atoms with Crippen molar-refractivity contribution in [1.29, 1.82) is 0 Å². The van der Waals surface area contributed by atoms with E-state index in [4.69, 9.17) is 5.73 Å². The minimum atomic E-state index is -0.747. The number of aromatic nitrogens is 4. The molecule has 2 rings (SSSR count). The Hall–Kier alpha value is -2.88. The van der Waals surface area contributed by atoms with Gasteiger partial charge < -0.3 is 20.1 Å². The van der Waals surface area contributed by atoms with Crippen LogP contribution in [0.5, 0.6) is 0 Å². The fourth-order valence-electron chi connectivity index (χ4n) is 2.96. The summed E-state index contributed by atoms with van der Waals surface area (Å²) in [7, 11) is 8.06. The van der Waals surface area contributed by atoms with E-state index in [1.165, 1.54) is 16.5 Å². The molecule has 0 bridgehead atoms. The molecule has 2 aromatic heterocycles. The highest BCUT2D eigenvalue weighted by atomic mass is 16.2. The third-order valence-corrected chi connectivity index (χ3v) is 4.58. The lowest BCUT2D eigenvalue weighted by Gasteiger charge is -2.24.